The van der Waals surface area contributed by atoms with Gasteiger partial charge in [-0.3, -0.25) is 14.5 Å². The van der Waals surface area contributed by atoms with Gasteiger partial charge in [0.05, 0.1) is 40.4 Å². The van der Waals surface area contributed by atoms with Crippen LogP contribution >= 0.6 is 0 Å². The number of aromatic nitrogens is 6. The van der Waals surface area contributed by atoms with Crippen LogP contribution in [-0.4, -0.2) is 41.2 Å². The molecule has 0 aliphatic rings. The van der Waals surface area contributed by atoms with Crippen LogP contribution in [0.2, 0.25) is 0 Å². The fourth-order valence-electron chi connectivity index (χ4n) is 5.21. The van der Waals surface area contributed by atoms with E-state index in [4.69, 9.17) is 4.42 Å². The molecule has 0 unspecified atom stereocenters. The van der Waals surface area contributed by atoms with Crippen molar-refractivity contribution in [2.75, 3.05) is 17.2 Å². The second-order valence-electron chi connectivity index (χ2n) is 10.4. The Morgan fingerprint density at radius 3 is 2.51 bits per heavy atom. The minimum Gasteiger partial charge on any atom is -0.416 e. The van der Waals surface area contributed by atoms with E-state index in [1.54, 1.807) is 29.3 Å². The summed E-state index contributed by atoms with van der Waals surface area (Å²) in [6.45, 7) is 6.53. The van der Waals surface area contributed by atoms with Crippen molar-refractivity contribution < 1.29 is 9.52 Å². The number of rotatable bonds is 10. The van der Waals surface area contributed by atoms with Crippen molar-refractivity contribution in [3.8, 4) is 22.9 Å². The van der Waals surface area contributed by atoms with E-state index in [0.717, 1.165) is 16.8 Å². The zero-order valence-electron chi connectivity index (χ0n) is 24.1. The van der Waals surface area contributed by atoms with E-state index in [2.05, 4.69) is 44.6 Å². The lowest BCUT2D eigenvalue weighted by Crippen LogP contribution is -2.23. The van der Waals surface area contributed by atoms with Crippen LogP contribution in [0.1, 0.15) is 38.4 Å². The van der Waals surface area contributed by atoms with Gasteiger partial charge in [-0.15, -0.1) is 10.2 Å². The molecule has 0 radical (unpaired) electrons. The van der Waals surface area contributed by atoms with Crippen LogP contribution in [0.15, 0.2) is 94.5 Å². The smallest absolute Gasteiger partial charge is 0.274 e. The van der Waals surface area contributed by atoms with Crippen molar-refractivity contribution in [1.82, 2.24) is 29.5 Å². The third-order valence-electron chi connectivity index (χ3n) is 7.21. The van der Waals surface area contributed by atoms with E-state index >= 15 is 0 Å². The maximum atomic E-state index is 13.0. The quantitative estimate of drug-likeness (QED) is 0.185. The summed E-state index contributed by atoms with van der Waals surface area (Å²) in [5.41, 5.74) is 4.45. The second kappa shape index (κ2) is 11.9. The molecule has 0 aliphatic carbocycles. The first-order chi connectivity index (χ1) is 21.0. The number of nitrogens with zero attached hydrogens (tertiary/aromatic N) is 6. The van der Waals surface area contributed by atoms with Crippen LogP contribution in [0.3, 0.4) is 0 Å². The molecule has 6 aromatic rings. The van der Waals surface area contributed by atoms with Crippen LogP contribution in [-0.2, 0) is 6.54 Å². The Labute approximate surface area is 247 Å². The van der Waals surface area contributed by atoms with Crippen molar-refractivity contribution in [3.05, 3.63) is 101 Å². The molecular weight excluding hydrogens is 544 g/mol. The van der Waals surface area contributed by atoms with Crippen molar-refractivity contribution in [2.45, 2.75) is 39.4 Å². The Kier molecular flexibility index (Phi) is 7.71. The highest BCUT2D eigenvalue weighted by Crippen LogP contribution is 2.34. The maximum Gasteiger partial charge on any atom is 0.274 e. The number of hydrogen-bond donors (Lipinski definition) is 3. The second-order valence-corrected chi connectivity index (χ2v) is 10.4. The van der Waals surface area contributed by atoms with Crippen LogP contribution in [0.5, 0.6) is 0 Å². The van der Waals surface area contributed by atoms with Gasteiger partial charge in [-0.1, -0.05) is 30.3 Å². The fraction of sp³-hybridized carbons (Fsp3) is 0.219. The Balaban J connectivity index is 1.39. The van der Waals surface area contributed by atoms with Crippen molar-refractivity contribution in [3.63, 3.8) is 0 Å². The molecule has 11 heteroatoms. The number of anilines is 3. The monoisotopic (exact) mass is 576 g/mol. The summed E-state index contributed by atoms with van der Waals surface area (Å²) >= 11 is 0. The molecule has 4 heterocycles. The first-order valence-corrected chi connectivity index (χ1v) is 14.2. The molecule has 0 saturated heterocycles. The molecule has 2 aromatic carbocycles. The SMILES string of the molecule is CCn1c(=O)c2ccc(Nc3cc(N[C@H](CO)c4ccccc4)c(-c4nnc(-c5cccnc5)o4)cn3)cc2n1C(C)C. The summed E-state index contributed by atoms with van der Waals surface area (Å²) in [5, 5.41) is 26.3. The molecule has 0 amide bonds. The number of aliphatic hydroxyl groups is 1. The van der Waals surface area contributed by atoms with E-state index in [1.807, 2.05) is 72.3 Å². The minimum atomic E-state index is -0.401. The lowest BCUT2D eigenvalue weighted by atomic mass is 10.1. The van der Waals surface area contributed by atoms with Crippen LogP contribution in [0.25, 0.3) is 33.8 Å². The summed E-state index contributed by atoms with van der Waals surface area (Å²) in [5.74, 6) is 1.16. The summed E-state index contributed by atoms with van der Waals surface area (Å²) in [7, 11) is 0. The van der Waals surface area contributed by atoms with Crippen LogP contribution in [0, 0.1) is 0 Å². The van der Waals surface area contributed by atoms with Crippen molar-refractivity contribution >= 4 is 28.1 Å². The largest absolute Gasteiger partial charge is 0.416 e. The molecule has 0 fully saturated rings. The molecule has 11 nitrogen and oxygen atoms in total. The Hall–Kier alpha value is -5.29. The molecule has 4 aromatic heterocycles. The van der Waals surface area contributed by atoms with Gasteiger partial charge in [-0.25, -0.2) is 9.67 Å². The number of aliphatic hydroxyl groups excluding tert-OH is 1. The summed E-state index contributed by atoms with van der Waals surface area (Å²) in [6.07, 6.45) is 4.99. The van der Waals surface area contributed by atoms with Gasteiger partial charge in [-0.05, 0) is 56.7 Å². The number of hydrogen-bond acceptors (Lipinski definition) is 9. The number of benzene rings is 2. The summed E-state index contributed by atoms with van der Waals surface area (Å²) < 4.78 is 9.81. The number of fused-ring (bicyclic) bond motifs is 1. The van der Waals surface area contributed by atoms with Crippen LogP contribution < -0.4 is 16.2 Å². The molecule has 0 bridgehead atoms. The average molecular weight is 577 g/mol. The van der Waals surface area contributed by atoms with Gasteiger partial charge >= 0.3 is 0 Å². The molecule has 1 atom stereocenters. The van der Waals surface area contributed by atoms with E-state index in [0.29, 0.717) is 40.5 Å². The van der Waals surface area contributed by atoms with E-state index < -0.39 is 6.04 Å². The molecule has 3 N–H and O–H groups in total. The van der Waals surface area contributed by atoms with Gasteiger partial charge in [0.1, 0.15) is 5.82 Å². The fourth-order valence-corrected chi connectivity index (χ4v) is 5.21. The average Bonchev–Trinajstić information content (AvgIpc) is 3.63. The van der Waals surface area contributed by atoms with E-state index in [1.165, 1.54) is 0 Å². The summed E-state index contributed by atoms with van der Waals surface area (Å²) in [4.78, 5) is 21.7. The molecule has 0 spiro atoms. The Morgan fingerprint density at radius 2 is 1.79 bits per heavy atom. The normalized spacial score (nSPS) is 12.1. The van der Waals surface area contributed by atoms with E-state index in [9.17, 15) is 9.90 Å². The standard InChI is InChI=1S/C32H32N8O3/c1-4-39-32(42)24-13-12-23(15-28(24)40(39)20(2)3)35-29-16-26(36-27(19-41)21-9-6-5-7-10-21)25(18-34-29)31-38-37-30(43-31)22-11-8-14-33-17-22/h5-18,20,27,41H,4,19H2,1-3H3,(H2,34,35,36)/t27-/m1/s1. The van der Waals surface area contributed by atoms with Gasteiger partial charge < -0.3 is 20.2 Å². The highest BCUT2D eigenvalue weighted by Gasteiger charge is 2.20. The lowest BCUT2D eigenvalue weighted by molar-refractivity contribution is 0.276. The first kappa shape index (κ1) is 27.9. The predicted octanol–water partition coefficient (Wildman–Crippen LogP) is 5.80. The molecule has 0 aliphatic heterocycles. The maximum absolute atomic E-state index is 13.0. The minimum absolute atomic E-state index is 0.00659. The van der Waals surface area contributed by atoms with Crippen molar-refractivity contribution in [1.29, 1.82) is 0 Å². The highest BCUT2D eigenvalue weighted by atomic mass is 16.4. The van der Waals surface area contributed by atoms with Gasteiger partial charge in [0.15, 0.2) is 0 Å². The Bertz CT molecular complexity index is 1910. The molecule has 6 rings (SSSR count). The van der Waals surface area contributed by atoms with Gasteiger partial charge in [-0.2, -0.15) is 0 Å². The molecule has 43 heavy (non-hydrogen) atoms. The van der Waals surface area contributed by atoms with Gasteiger partial charge in [0.2, 0.25) is 5.89 Å². The van der Waals surface area contributed by atoms with E-state index in [-0.39, 0.29) is 24.1 Å². The zero-order chi connectivity index (χ0) is 29.9. The lowest BCUT2D eigenvalue weighted by Gasteiger charge is -2.20. The molecule has 218 valence electrons. The third kappa shape index (κ3) is 5.50. The Morgan fingerprint density at radius 1 is 0.977 bits per heavy atom. The van der Waals surface area contributed by atoms with Gasteiger partial charge in [0.25, 0.3) is 11.4 Å². The third-order valence-corrected chi connectivity index (χ3v) is 7.21. The zero-order valence-corrected chi connectivity index (χ0v) is 24.1. The summed E-state index contributed by atoms with van der Waals surface area (Å²) in [6, 6.07) is 20.6. The topological polar surface area (TPSA) is 136 Å². The molecular formula is C32H32N8O3. The predicted molar refractivity (Wildman–Crippen MR) is 166 cm³/mol. The highest BCUT2D eigenvalue weighted by molar-refractivity contribution is 5.84. The molecule has 0 saturated carbocycles. The number of nitrogens with one attached hydrogen (secondary N) is 2. The van der Waals surface area contributed by atoms with Crippen LogP contribution in [0.4, 0.5) is 17.2 Å². The first-order valence-electron chi connectivity index (χ1n) is 14.2. The van der Waals surface area contributed by atoms with Crippen molar-refractivity contribution in [2.24, 2.45) is 0 Å². The van der Waals surface area contributed by atoms with Gasteiger partial charge in [0, 0.05) is 42.9 Å². The number of pyridine rings is 2.